The predicted octanol–water partition coefficient (Wildman–Crippen LogP) is 2.87. The van der Waals surface area contributed by atoms with Crippen molar-refractivity contribution in [1.29, 1.82) is 0 Å². The molecule has 2 aromatic heterocycles. The number of rotatable bonds is 5. The number of benzene rings is 1. The highest BCUT2D eigenvalue weighted by atomic mass is 19.1. The van der Waals surface area contributed by atoms with Crippen LogP contribution >= 0.6 is 0 Å². The van der Waals surface area contributed by atoms with Crippen LogP contribution in [0.15, 0.2) is 67.0 Å². The molecule has 0 bridgehead atoms. The molecular formula is C22H22FN5O. The normalized spacial score (nSPS) is 14.0. The van der Waals surface area contributed by atoms with Gasteiger partial charge in [0.15, 0.2) is 0 Å². The summed E-state index contributed by atoms with van der Waals surface area (Å²) in [5.74, 6) is -0.421. The number of amides is 1. The summed E-state index contributed by atoms with van der Waals surface area (Å²) in [6.07, 6.45) is 3.41. The van der Waals surface area contributed by atoms with E-state index in [9.17, 15) is 9.18 Å². The third-order valence-electron chi connectivity index (χ3n) is 4.97. The van der Waals surface area contributed by atoms with Gasteiger partial charge < -0.3 is 15.1 Å². The highest BCUT2D eigenvalue weighted by molar-refractivity contribution is 5.92. The Kier molecular flexibility index (Phi) is 5.65. The number of para-hydroxylation sites is 1. The van der Waals surface area contributed by atoms with Crippen molar-refractivity contribution in [3.63, 3.8) is 0 Å². The molecule has 6 nitrogen and oxygen atoms in total. The van der Waals surface area contributed by atoms with Crippen molar-refractivity contribution < 1.29 is 9.18 Å². The zero-order valence-corrected chi connectivity index (χ0v) is 16.0. The highest BCUT2D eigenvalue weighted by Crippen LogP contribution is 2.22. The predicted molar refractivity (Wildman–Crippen MR) is 110 cm³/mol. The van der Waals surface area contributed by atoms with Gasteiger partial charge in [-0.3, -0.25) is 9.78 Å². The van der Waals surface area contributed by atoms with Crippen LogP contribution in [0.5, 0.6) is 0 Å². The van der Waals surface area contributed by atoms with Crippen LogP contribution in [0.25, 0.3) is 0 Å². The standard InChI is InChI=1S/C22H22FN5O/c23-19-6-1-2-7-21(19)28-13-11-27(12-14-28)18-8-9-20(25-16-18)22(29)26-15-17-5-3-4-10-24-17/h1-10,16H,11-15H2,(H,26,29). The highest BCUT2D eigenvalue weighted by Gasteiger charge is 2.20. The van der Waals surface area contributed by atoms with Gasteiger partial charge in [0, 0.05) is 32.4 Å². The summed E-state index contributed by atoms with van der Waals surface area (Å²) < 4.78 is 14.0. The number of anilines is 2. The molecule has 1 saturated heterocycles. The van der Waals surface area contributed by atoms with Crippen molar-refractivity contribution in [2.75, 3.05) is 36.0 Å². The third kappa shape index (κ3) is 4.51. The van der Waals surface area contributed by atoms with Crippen molar-refractivity contribution in [2.45, 2.75) is 6.54 Å². The smallest absolute Gasteiger partial charge is 0.270 e. The Morgan fingerprint density at radius 1 is 0.931 bits per heavy atom. The Morgan fingerprint density at radius 2 is 1.69 bits per heavy atom. The number of hydrogen-bond donors (Lipinski definition) is 1. The summed E-state index contributed by atoms with van der Waals surface area (Å²) in [7, 11) is 0. The number of piperazine rings is 1. The maximum Gasteiger partial charge on any atom is 0.270 e. The maximum absolute atomic E-state index is 14.0. The van der Waals surface area contributed by atoms with Gasteiger partial charge in [-0.05, 0) is 36.4 Å². The van der Waals surface area contributed by atoms with Gasteiger partial charge >= 0.3 is 0 Å². The van der Waals surface area contributed by atoms with Crippen LogP contribution in [-0.2, 0) is 6.54 Å². The van der Waals surface area contributed by atoms with Crippen LogP contribution in [-0.4, -0.2) is 42.1 Å². The lowest BCUT2D eigenvalue weighted by Crippen LogP contribution is -2.46. The van der Waals surface area contributed by atoms with Crippen LogP contribution in [0.4, 0.5) is 15.8 Å². The first-order chi connectivity index (χ1) is 14.2. The Labute approximate surface area is 169 Å². The van der Waals surface area contributed by atoms with Crippen molar-refractivity contribution in [1.82, 2.24) is 15.3 Å². The number of nitrogens with zero attached hydrogens (tertiary/aromatic N) is 4. The van der Waals surface area contributed by atoms with Gasteiger partial charge in [0.25, 0.3) is 5.91 Å². The van der Waals surface area contributed by atoms with Gasteiger partial charge in [-0.25, -0.2) is 9.37 Å². The monoisotopic (exact) mass is 391 g/mol. The number of carbonyl (C=O) groups is 1. The molecule has 0 atom stereocenters. The van der Waals surface area contributed by atoms with Crippen LogP contribution < -0.4 is 15.1 Å². The summed E-state index contributed by atoms with van der Waals surface area (Å²) >= 11 is 0. The number of carbonyl (C=O) groups excluding carboxylic acids is 1. The lowest BCUT2D eigenvalue weighted by atomic mass is 10.2. The lowest BCUT2D eigenvalue weighted by Gasteiger charge is -2.37. The van der Waals surface area contributed by atoms with Gasteiger partial charge in [-0.15, -0.1) is 0 Å². The van der Waals surface area contributed by atoms with Crippen LogP contribution in [0.1, 0.15) is 16.2 Å². The van der Waals surface area contributed by atoms with E-state index in [4.69, 9.17) is 0 Å². The summed E-state index contributed by atoms with van der Waals surface area (Å²) in [5, 5.41) is 2.82. The zero-order valence-electron chi connectivity index (χ0n) is 16.0. The zero-order chi connectivity index (χ0) is 20.1. The SMILES string of the molecule is O=C(NCc1ccccn1)c1ccc(N2CCN(c3ccccc3F)CC2)cn1. The minimum atomic E-state index is -0.230. The molecule has 4 rings (SSSR count). The number of aromatic nitrogens is 2. The minimum Gasteiger partial charge on any atom is -0.367 e. The molecule has 1 amide bonds. The minimum absolute atomic E-state index is 0.191. The fourth-order valence-corrected chi connectivity index (χ4v) is 3.39. The number of pyridine rings is 2. The first-order valence-electron chi connectivity index (χ1n) is 9.59. The molecule has 148 valence electrons. The molecule has 7 heteroatoms. The van der Waals surface area contributed by atoms with Crippen molar-refractivity contribution in [3.05, 3.63) is 84.2 Å². The van der Waals surface area contributed by atoms with Crippen LogP contribution in [0, 0.1) is 5.82 Å². The fraction of sp³-hybridized carbons (Fsp3) is 0.227. The first-order valence-corrected chi connectivity index (χ1v) is 9.59. The number of hydrogen-bond acceptors (Lipinski definition) is 5. The molecule has 3 heterocycles. The van der Waals surface area contributed by atoms with E-state index in [1.807, 2.05) is 36.4 Å². The first kappa shape index (κ1) is 18.9. The Hall–Kier alpha value is -3.48. The number of nitrogens with one attached hydrogen (secondary N) is 1. The third-order valence-corrected chi connectivity index (χ3v) is 4.97. The van der Waals surface area contributed by atoms with E-state index in [0.717, 1.165) is 37.6 Å². The van der Waals surface area contributed by atoms with Crippen molar-refractivity contribution in [3.8, 4) is 0 Å². The Morgan fingerprint density at radius 3 is 2.38 bits per heavy atom. The van der Waals surface area contributed by atoms with Gasteiger partial charge in [0.2, 0.25) is 0 Å². The van der Waals surface area contributed by atoms with Gasteiger partial charge in [-0.2, -0.15) is 0 Å². The molecule has 1 fully saturated rings. The Bertz CT molecular complexity index is 956. The molecule has 0 saturated carbocycles. The van der Waals surface area contributed by atoms with Crippen LogP contribution in [0.2, 0.25) is 0 Å². The molecule has 1 aliphatic heterocycles. The van der Waals surface area contributed by atoms with Gasteiger partial charge in [-0.1, -0.05) is 18.2 Å². The summed E-state index contributed by atoms with van der Waals surface area (Å²) in [6, 6.07) is 16.1. The van der Waals surface area contributed by atoms with Crippen LogP contribution in [0.3, 0.4) is 0 Å². The Balaban J connectivity index is 1.32. The quantitative estimate of drug-likeness (QED) is 0.725. The summed E-state index contributed by atoms with van der Waals surface area (Å²) in [5.41, 5.74) is 2.77. The van der Waals surface area contributed by atoms with Gasteiger partial charge in [0.05, 0.1) is 29.8 Å². The molecule has 0 aliphatic carbocycles. The molecule has 3 aromatic rings. The second-order valence-corrected chi connectivity index (χ2v) is 6.83. The fourth-order valence-electron chi connectivity index (χ4n) is 3.39. The lowest BCUT2D eigenvalue weighted by molar-refractivity contribution is 0.0945. The average Bonchev–Trinajstić information content (AvgIpc) is 2.79. The molecule has 1 aromatic carbocycles. The van der Waals surface area contributed by atoms with E-state index in [1.54, 1.807) is 24.5 Å². The molecular weight excluding hydrogens is 369 g/mol. The second kappa shape index (κ2) is 8.68. The van der Waals surface area contributed by atoms with Crippen molar-refractivity contribution >= 4 is 17.3 Å². The second-order valence-electron chi connectivity index (χ2n) is 6.83. The number of halogens is 1. The van der Waals surface area contributed by atoms with E-state index < -0.39 is 0 Å². The van der Waals surface area contributed by atoms with Crippen molar-refractivity contribution in [2.24, 2.45) is 0 Å². The van der Waals surface area contributed by atoms with E-state index in [1.165, 1.54) is 6.07 Å². The molecule has 0 spiro atoms. The maximum atomic E-state index is 14.0. The molecule has 0 radical (unpaired) electrons. The van der Waals surface area contributed by atoms with Gasteiger partial charge in [0.1, 0.15) is 11.5 Å². The van der Waals surface area contributed by atoms with E-state index in [2.05, 4.69) is 25.1 Å². The molecule has 1 aliphatic rings. The molecule has 29 heavy (non-hydrogen) atoms. The summed E-state index contributed by atoms with van der Waals surface area (Å²) in [6.45, 7) is 3.35. The largest absolute Gasteiger partial charge is 0.367 e. The average molecular weight is 391 g/mol. The van der Waals surface area contributed by atoms with E-state index >= 15 is 0 Å². The molecule has 0 unspecified atom stereocenters. The van der Waals surface area contributed by atoms with E-state index in [-0.39, 0.29) is 11.7 Å². The summed E-state index contributed by atoms with van der Waals surface area (Å²) in [4.78, 5) is 25.0. The topological polar surface area (TPSA) is 61.4 Å². The molecule has 1 N–H and O–H groups in total. The van der Waals surface area contributed by atoms with E-state index in [0.29, 0.717) is 17.9 Å².